The summed E-state index contributed by atoms with van der Waals surface area (Å²) >= 11 is 0. The monoisotopic (exact) mass is 100 g/mol. The van der Waals surface area contributed by atoms with Gasteiger partial charge in [0.2, 0.25) is 0 Å². The third kappa shape index (κ3) is 3.09. The predicted molar refractivity (Wildman–Crippen MR) is 26.5 cm³/mol. The molecule has 0 aliphatic carbocycles. The van der Waals surface area contributed by atoms with E-state index in [0.29, 0.717) is 6.54 Å². The van der Waals surface area contributed by atoms with Crippen molar-refractivity contribution in [3.8, 4) is 0 Å². The lowest BCUT2D eigenvalue weighted by Gasteiger charge is -1.95. The van der Waals surface area contributed by atoms with E-state index < -0.39 is 0 Å². The van der Waals surface area contributed by atoms with Crippen LogP contribution in [0.3, 0.4) is 0 Å². The first-order valence-corrected chi connectivity index (χ1v) is 2.05. The fourth-order valence-electron chi connectivity index (χ4n) is 0.212. The van der Waals surface area contributed by atoms with Crippen molar-refractivity contribution in [3.05, 3.63) is 7.05 Å². The molecule has 0 unspecified atom stereocenters. The topological polar surface area (TPSA) is 41.1 Å². The van der Waals surface area contributed by atoms with E-state index >= 15 is 0 Å². The molecule has 7 heavy (non-hydrogen) atoms. The van der Waals surface area contributed by atoms with Gasteiger partial charge in [-0.05, 0) is 6.92 Å². The molecule has 0 aromatic carbocycles. The molecule has 0 aromatic heterocycles. The molecule has 0 saturated heterocycles. The van der Waals surface area contributed by atoms with Gasteiger partial charge in [0, 0.05) is 6.54 Å². The predicted octanol–water partition coefficient (Wildman–Crippen LogP) is -0.0259. The summed E-state index contributed by atoms with van der Waals surface area (Å²) < 4.78 is 0. The summed E-state index contributed by atoms with van der Waals surface area (Å²) in [4.78, 5) is 10.1. The average Bonchev–Trinajstić information content (AvgIpc) is 1.68. The number of amides is 2. The lowest BCUT2D eigenvalue weighted by atomic mass is 10.7. The van der Waals surface area contributed by atoms with E-state index in [9.17, 15) is 4.79 Å². The van der Waals surface area contributed by atoms with Crippen molar-refractivity contribution >= 4 is 6.03 Å². The lowest BCUT2D eigenvalue weighted by molar-refractivity contribution is 0.244. The van der Waals surface area contributed by atoms with Crippen LogP contribution in [0.15, 0.2) is 0 Å². The molecule has 0 fully saturated rings. The zero-order valence-corrected chi connectivity index (χ0v) is 4.19. The third-order valence-corrected chi connectivity index (χ3v) is 0.468. The summed E-state index contributed by atoms with van der Waals surface area (Å²) in [6, 6.07) is -0.345. The molecule has 0 aliphatic rings. The van der Waals surface area contributed by atoms with Crippen LogP contribution in [-0.4, -0.2) is 12.6 Å². The Morgan fingerprint density at radius 3 is 2.57 bits per heavy atom. The maximum atomic E-state index is 10.1. The molecule has 0 spiro atoms. The maximum absolute atomic E-state index is 10.1. The quantitative estimate of drug-likeness (QED) is 0.446. The fraction of sp³-hybridized carbons (Fsp3) is 0.500. The highest BCUT2D eigenvalue weighted by Gasteiger charge is 1.86. The second-order valence-electron chi connectivity index (χ2n) is 1.00. The molecule has 0 heterocycles. The number of rotatable bonds is 1. The van der Waals surface area contributed by atoms with Gasteiger partial charge in [0.05, 0.1) is 7.05 Å². The summed E-state index contributed by atoms with van der Waals surface area (Å²) in [6.07, 6.45) is 0. The fourth-order valence-corrected chi connectivity index (χ4v) is 0.212. The minimum Gasteiger partial charge on any atom is -0.338 e. The van der Waals surface area contributed by atoms with Gasteiger partial charge in [-0.1, -0.05) is 0 Å². The van der Waals surface area contributed by atoms with Gasteiger partial charge in [-0.2, -0.15) is 0 Å². The standard InChI is InChI=1S/C4H8N2O/c1-3-6-4(7)5-2/h2H,3H2,1H3,(H2,5,6,7). The second kappa shape index (κ2) is 3.46. The Morgan fingerprint density at radius 2 is 2.43 bits per heavy atom. The number of carbonyl (C=O) groups is 1. The largest absolute Gasteiger partial charge is 0.338 e. The number of nitrogens with one attached hydrogen (secondary N) is 2. The highest BCUT2D eigenvalue weighted by atomic mass is 16.2. The Bertz CT molecular complexity index is 62.7. The summed E-state index contributed by atoms with van der Waals surface area (Å²) in [5.41, 5.74) is 0. The second-order valence-corrected chi connectivity index (χ2v) is 1.00. The number of hydrogen-bond donors (Lipinski definition) is 2. The zero-order valence-electron chi connectivity index (χ0n) is 4.19. The SMILES string of the molecule is [CH]NC(=O)NCC. The molecule has 0 atom stereocenters. The summed E-state index contributed by atoms with van der Waals surface area (Å²) in [5, 5.41) is 4.34. The van der Waals surface area contributed by atoms with Gasteiger partial charge in [-0.25, -0.2) is 4.79 Å². The van der Waals surface area contributed by atoms with Crippen LogP contribution in [0.1, 0.15) is 6.92 Å². The van der Waals surface area contributed by atoms with Crippen molar-refractivity contribution in [2.75, 3.05) is 6.54 Å². The summed E-state index contributed by atoms with van der Waals surface area (Å²) in [7, 11) is 4.70. The highest BCUT2D eigenvalue weighted by Crippen LogP contribution is 1.57. The highest BCUT2D eigenvalue weighted by molar-refractivity contribution is 5.73. The van der Waals surface area contributed by atoms with Crippen molar-refractivity contribution in [1.29, 1.82) is 0 Å². The zero-order chi connectivity index (χ0) is 5.70. The van der Waals surface area contributed by atoms with Crippen LogP contribution in [-0.2, 0) is 0 Å². The number of urea groups is 1. The Labute approximate surface area is 43.1 Å². The van der Waals surface area contributed by atoms with Crippen LogP contribution in [0.25, 0.3) is 0 Å². The first kappa shape index (κ1) is 6.27. The molecule has 3 heteroatoms. The molecule has 0 bridgehead atoms. The lowest BCUT2D eigenvalue weighted by Crippen LogP contribution is -2.30. The van der Waals surface area contributed by atoms with Crippen LogP contribution < -0.4 is 10.6 Å². The molecular weight excluding hydrogens is 92.1 g/mol. The minimum atomic E-state index is -0.345. The van der Waals surface area contributed by atoms with Crippen molar-refractivity contribution in [2.45, 2.75) is 6.92 Å². The third-order valence-electron chi connectivity index (χ3n) is 0.468. The van der Waals surface area contributed by atoms with E-state index in [1.54, 1.807) is 0 Å². The molecule has 0 aliphatic heterocycles. The Hall–Kier alpha value is -0.730. The minimum absolute atomic E-state index is 0.345. The van der Waals surface area contributed by atoms with Crippen molar-refractivity contribution in [3.63, 3.8) is 0 Å². The molecule has 2 radical (unpaired) electrons. The molecule has 2 N–H and O–H groups in total. The molecular formula is C4H8N2O. The maximum Gasteiger partial charge on any atom is 0.315 e. The Morgan fingerprint density at radius 1 is 1.86 bits per heavy atom. The van der Waals surface area contributed by atoms with E-state index in [4.69, 9.17) is 7.05 Å². The first-order chi connectivity index (χ1) is 3.31. The van der Waals surface area contributed by atoms with Gasteiger partial charge in [-0.3, -0.25) is 0 Å². The van der Waals surface area contributed by atoms with Crippen LogP contribution >= 0.6 is 0 Å². The van der Waals surface area contributed by atoms with E-state index in [1.165, 1.54) is 0 Å². The van der Waals surface area contributed by atoms with Crippen LogP contribution in [0, 0.1) is 7.05 Å². The number of hydrogen-bond acceptors (Lipinski definition) is 1. The smallest absolute Gasteiger partial charge is 0.315 e. The Balaban J connectivity index is 3.00. The van der Waals surface area contributed by atoms with E-state index in [0.717, 1.165) is 0 Å². The molecule has 0 saturated carbocycles. The van der Waals surface area contributed by atoms with Gasteiger partial charge in [0.1, 0.15) is 0 Å². The molecule has 0 rings (SSSR count). The van der Waals surface area contributed by atoms with Crippen molar-refractivity contribution in [2.24, 2.45) is 0 Å². The average molecular weight is 100 g/mol. The first-order valence-electron chi connectivity index (χ1n) is 2.05. The van der Waals surface area contributed by atoms with Crippen molar-refractivity contribution < 1.29 is 4.79 Å². The van der Waals surface area contributed by atoms with Crippen molar-refractivity contribution in [1.82, 2.24) is 10.6 Å². The molecule has 0 aromatic rings. The van der Waals surface area contributed by atoms with Crippen LogP contribution in [0.4, 0.5) is 4.79 Å². The van der Waals surface area contributed by atoms with Gasteiger partial charge in [-0.15, -0.1) is 0 Å². The van der Waals surface area contributed by atoms with Crippen LogP contribution in [0.5, 0.6) is 0 Å². The normalized spacial score (nSPS) is 7.71. The van der Waals surface area contributed by atoms with Gasteiger partial charge in [0.15, 0.2) is 0 Å². The van der Waals surface area contributed by atoms with E-state index in [-0.39, 0.29) is 6.03 Å². The Kier molecular flexibility index (Phi) is 3.10. The van der Waals surface area contributed by atoms with Gasteiger partial charge in [0.25, 0.3) is 0 Å². The van der Waals surface area contributed by atoms with Gasteiger partial charge < -0.3 is 10.6 Å². The molecule has 40 valence electrons. The summed E-state index contributed by atoms with van der Waals surface area (Å²) in [5.74, 6) is 0. The molecule has 3 nitrogen and oxygen atoms in total. The number of carbonyl (C=O) groups excluding carboxylic acids is 1. The van der Waals surface area contributed by atoms with Gasteiger partial charge >= 0.3 is 6.03 Å². The molecule has 2 amide bonds. The van der Waals surface area contributed by atoms with E-state index in [2.05, 4.69) is 5.32 Å². The van der Waals surface area contributed by atoms with Crippen LogP contribution in [0.2, 0.25) is 0 Å². The summed E-state index contributed by atoms with van der Waals surface area (Å²) in [6.45, 7) is 2.41. The van der Waals surface area contributed by atoms with E-state index in [1.807, 2.05) is 12.2 Å².